The smallest absolute Gasteiger partial charge is 0.319 e. The van der Waals surface area contributed by atoms with Gasteiger partial charge in [-0.3, -0.25) is 0 Å². The lowest BCUT2D eigenvalue weighted by molar-refractivity contribution is 0.121. The highest BCUT2D eigenvalue weighted by Crippen LogP contribution is 2.15. The Morgan fingerprint density at radius 1 is 1.14 bits per heavy atom. The van der Waals surface area contributed by atoms with Crippen molar-refractivity contribution in [1.29, 1.82) is 0 Å². The highest BCUT2D eigenvalue weighted by Gasteiger charge is 2.08. The van der Waals surface area contributed by atoms with E-state index in [9.17, 15) is 4.79 Å². The third-order valence-electron chi connectivity index (χ3n) is 4.14. The molecule has 2 N–H and O–H groups in total. The first-order chi connectivity index (χ1) is 13.7. The number of ether oxygens (including phenoxy) is 1. The SMILES string of the molecule is CCCOCc1ccccc1CNC(=O)Nc1cccc(-n2nnnc2C)c1. The standard InChI is InChI=1S/C20H24N6O2/c1-3-11-28-14-17-8-5-4-7-16(17)13-21-20(27)22-18-9-6-10-19(12-18)26-15(2)23-24-25-26/h4-10,12H,3,11,13-14H2,1-2H3,(H2,21,22,27). The van der Waals surface area contributed by atoms with E-state index in [1.807, 2.05) is 55.5 Å². The molecule has 2 aromatic carbocycles. The molecule has 146 valence electrons. The number of anilines is 1. The third kappa shape index (κ3) is 5.14. The summed E-state index contributed by atoms with van der Waals surface area (Å²) >= 11 is 0. The van der Waals surface area contributed by atoms with Crippen LogP contribution in [0.3, 0.4) is 0 Å². The number of benzene rings is 2. The van der Waals surface area contributed by atoms with E-state index in [2.05, 4.69) is 33.1 Å². The second-order valence-corrected chi connectivity index (χ2v) is 6.32. The fourth-order valence-corrected chi connectivity index (χ4v) is 2.73. The van der Waals surface area contributed by atoms with Gasteiger partial charge in [-0.2, -0.15) is 4.68 Å². The zero-order valence-corrected chi connectivity index (χ0v) is 16.1. The Balaban J connectivity index is 1.59. The minimum Gasteiger partial charge on any atom is -0.377 e. The van der Waals surface area contributed by atoms with E-state index in [0.717, 1.165) is 29.8 Å². The zero-order chi connectivity index (χ0) is 19.8. The number of rotatable bonds is 8. The summed E-state index contributed by atoms with van der Waals surface area (Å²) in [6.45, 7) is 5.57. The van der Waals surface area contributed by atoms with Gasteiger partial charge in [-0.1, -0.05) is 37.3 Å². The van der Waals surface area contributed by atoms with Crippen molar-refractivity contribution in [1.82, 2.24) is 25.5 Å². The van der Waals surface area contributed by atoms with Crippen molar-refractivity contribution in [3.63, 3.8) is 0 Å². The number of nitrogens with one attached hydrogen (secondary N) is 2. The number of aryl methyl sites for hydroxylation is 1. The minimum atomic E-state index is -0.283. The maximum Gasteiger partial charge on any atom is 0.319 e. The monoisotopic (exact) mass is 380 g/mol. The molecular formula is C20H24N6O2. The van der Waals surface area contributed by atoms with E-state index >= 15 is 0 Å². The lowest BCUT2D eigenvalue weighted by Gasteiger charge is -2.12. The summed E-state index contributed by atoms with van der Waals surface area (Å²) in [4.78, 5) is 12.3. The number of tetrazole rings is 1. The Hall–Kier alpha value is -3.26. The lowest BCUT2D eigenvalue weighted by Crippen LogP contribution is -2.28. The van der Waals surface area contributed by atoms with Gasteiger partial charge in [-0.15, -0.1) is 5.10 Å². The summed E-state index contributed by atoms with van der Waals surface area (Å²) < 4.78 is 7.23. The number of carbonyl (C=O) groups excluding carboxylic acids is 1. The molecule has 0 saturated heterocycles. The van der Waals surface area contributed by atoms with Crippen molar-refractivity contribution < 1.29 is 9.53 Å². The molecular weight excluding hydrogens is 356 g/mol. The average molecular weight is 380 g/mol. The highest BCUT2D eigenvalue weighted by molar-refractivity contribution is 5.89. The molecule has 0 spiro atoms. The summed E-state index contributed by atoms with van der Waals surface area (Å²) in [5.74, 6) is 0.670. The predicted octanol–water partition coefficient (Wildman–Crippen LogP) is 3.22. The van der Waals surface area contributed by atoms with Gasteiger partial charge in [0.15, 0.2) is 5.82 Å². The first-order valence-corrected chi connectivity index (χ1v) is 9.22. The third-order valence-corrected chi connectivity index (χ3v) is 4.14. The molecule has 28 heavy (non-hydrogen) atoms. The van der Waals surface area contributed by atoms with E-state index in [0.29, 0.717) is 24.7 Å². The second kappa shape index (κ2) is 9.61. The van der Waals surface area contributed by atoms with Gasteiger partial charge in [0.05, 0.1) is 12.3 Å². The van der Waals surface area contributed by atoms with E-state index < -0.39 is 0 Å². The average Bonchev–Trinajstić information content (AvgIpc) is 3.13. The molecule has 0 radical (unpaired) electrons. The van der Waals surface area contributed by atoms with Crippen LogP contribution in [-0.4, -0.2) is 32.8 Å². The normalized spacial score (nSPS) is 10.6. The van der Waals surface area contributed by atoms with Crippen LogP contribution in [0.5, 0.6) is 0 Å². The molecule has 1 heterocycles. The first-order valence-electron chi connectivity index (χ1n) is 9.22. The van der Waals surface area contributed by atoms with E-state index in [-0.39, 0.29) is 6.03 Å². The van der Waals surface area contributed by atoms with Crippen molar-refractivity contribution in [2.75, 3.05) is 11.9 Å². The van der Waals surface area contributed by atoms with Gasteiger partial charge in [-0.25, -0.2) is 4.79 Å². The van der Waals surface area contributed by atoms with Crippen LogP contribution in [0.15, 0.2) is 48.5 Å². The van der Waals surface area contributed by atoms with Gasteiger partial charge in [-0.05, 0) is 53.1 Å². The number of amides is 2. The van der Waals surface area contributed by atoms with Gasteiger partial charge in [0.25, 0.3) is 0 Å². The van der Waals surface area contributed by atoms with Crippen LogP contribution < -0.4 is 10.6 Å². The maximum atomic E-state index is 12.3. The van der Waals surface area contributed by atoms with Gasteiger partial charge < -0.3 is 15.4 Å². The summed E-state index contributed by atoms with van der Waals surface area (Å²) in [6.07, 6.45) is 0.978. The van der Waals surface area contributed by atoms with Crippen molar-refractivity contribution in [2.45, 2.75) is 33.4 Å². The van der Waals surface area contributed by atoms with Gasteiger partial charge >= 0.3 is 6.03 Å². The molecule has 1 aromatic heterocycles. The molecule has 3 rings (SSSR count). The van der Waals surface area contributed by atoms with Gasteiger partial charge in [0.2, 0.25) is 0 Å². The van der Waals surface area contributed by atoms with E-state index in [1.54, 1.807) is 4.68 Å². The Kier molecular flexibility index (Phi) is 6.69. The number of hydrogen-bond acceptors (Lipinski definition) is 5. The molecule has 0 aliphatic carbocycles. The molecule has 0 saturated carbocycles. The molecule has 0 unspecified atom stereocenters. The topological polar surface area (TPSA) is 94.0 Å². The van der Waals surface area contributed by atoms with Crippen LogP contribution in [0.25, 0.3) is 5.69 Å². The van der Waals surface area contributed by atoms with Crippen molar-refractivity contribution >= 4 is 11.7 Å². The predicted molar refractivity (Wildman–Crippen MR) is 106 cm³/mol. The minimum absolute atomic E-state index is 0.283. The van der Waals surface area contributed by atoms with Crippen LogP contribution in [-0.2, 0) is 17.9 Å². The number of nitrogens with zero attached hydrogens (tertiary/aromatic N) is 4. The molecule has 3 aromatic rings. The van der Waals surface area contributed by atoms with Gasteiger partial charge in [0.1, 0.15) is 0 Å². The Morgan fingerprint density at radius 2 is 1.96 bits per heavy atom. The number of aromatic nitrogens is 4. The van der Waals surface area contributed by atoms with Crippen LogP contribution in [0.2, 0.25) is 0 Å². The molecule has 0 aliphatic rings. The molecule has 2 amide bonds. The highest BCUT2D eigenvalue weighted by atomic mass is 16.5. The number of carbonyl (C=O) groups is 1. The largest absolute Gasteiger partial charge is 0.377 e. The molecule has 8 heteroatoms. The Bertz CT molecular complexity index is 924. The summed E-state index contributed by atoms with van der Waals surface area (Å²) in [6, 6.07) is 15.0. The summed E-state index contributed by atoms with van der Waals surface area (Å²) in [5.41, 5.74) is 3.54. The molecule has 0 fully saturated rings. The van der Waals surface area contributed by atoms with Crippen molar-refractivity contribution in [3.05, 3.63) is 65.5 Å². The molecule has 0 atom stereocenters. The maximum absolute atomic E-state index is 12.3. The first kappa shape index (κ1) is 19.5. The van der Waals surface area contributed by atoms with E-state index in [1.165, 1.54) is 0 Å². The number of hydrogen-bond donors (Lipinski definition) is 2. The van der Waals surface area contributed by atoms with Crippen LogP contribution in [0.4, 0.5) is 10.5 Å². The quantitative estimate of drug-likeness (QED) is 0.585. The Morgan fingerprint density at radius 3 is 2.71 bits per heavy atom. The summed E-state index contributed by atoms with van der Waals surface area (Å²) in [5, 5.41) is 17.2. The fraction of sp³-hybridized carbons (Fsp3) is 0.300. The lowest BCUT2D eigenvalue weighted by atomic mass is 10.1. The molecule has 0 aliphatic heterocycles. The zero-order valence-electron chi connectivity index (χ0n) is 16.1. The van der Waals surface area contributed by atoms with Gasteiger partial charge in [0, 0.05) is 18.8 Å². The summed E-state index contributed by atoms with van der Waals surface area (Å²) in [7, 11) is 0. The fourth-order valence-electron chi connectivity index (χ4n) is 2.73. The van der Waals surface area contributed by atoms with Crippen LogP contribution >= 0.6 is 0 Å². The molecule has 8 nitrogen and oxygen atoms in total. The Labute approximate surface area is 163 Å². The van der Waals surface area contributed by atoms with Crippen molar-refractivity contribution in [2.24, 2.45) is 0 Å². The van der Waals surface area contributed by atoms with Crippen LogP contribution in [0.1, 0.15) is 30.3 Å². The van der Waals surface area contributed by atoms with Crippen molar-refractivity contribution in [3.8, 4) is 5.69 Å². The number of urea groups is 1. The molecule has 0 bridgehead atoms. The van der Waals surface area contributed by atoms with E-state index in [4.69, 9.17) is 4.74 Å². The second-order valence-electron chi connectivity index (χ2n) is 6.32. The van der Waals surface area contributed by atoms with Crippen LogP contribution in [0, 0.1) is 6.92 Å².